The number of hydrogen-bond donors (Lipinski definition) is 3. The molecule has 3 aliphatic heterocycles. The van der Waals surface area contributed by atoms with Crippen LogP contribution in [0.5, 0.6) is 0 Å². The van der Waals surface area contributed by atoms with Crippen molar-refractivity contribution in [2.75, 3.05) is 13.2 Å². The van der Waals surface area contributed by atoms with Crippen molar-refractivity contribution in [2.24, 2.45) is 11.7 Å². The van der Waals surface area contributed by atoms with Crippen molar-refractivity contribution < 1.29 is 33.7 Å². The van der Waals surface area contributed by atoms with Crippen LogP contribution in [0.3, 0.4) is 0 Å². The van der Waals surface area contributed by atoms with Crippen LogP contribution in [0.1, 0.15) is 23.2 Å². The van der Waals surface area contributed by atoms with Gasteiger partial charge >= 0.3 is 11.9 Å². The minimum atomic E-state index is -1.39. The van der Waals surface area contributed by atoms with E-state index in [0.29, 0.717) is 24.6 Å². The zero-order valence-corrected chi connectivity index (χ0v) is 17.0. The number of nitrogens with zero attached hydrogens (tertiary/aromatic N) is 4. The molecule has 0 radical (unpaired) electrons. The Hall–Kier alpha value is -3.67. The van der Waals surface area contributed by atoms with Gasteiger partial charge in [-0.1, -0.05) is 0 Å². The molecule has 12 heteroatoms. The van der Waals surface area contributed by atoms with E-state index in [9.17, 15) is 24.6 Å². The lowest BCUT2D eigenvalue weighted by molar-refractivity contribution is -0.136. The second-order valence-corrected chi connectivity index (χ2v) is 8.16. The van der Waals surface area contributed by atoms with Crippen molar-refractivity contribution in [1.82, 2.24) is 19.4 Å². The molecule has 168 valence electrons. The van der Waals surface area contributed by atoms with Crippen LogP contribution in [0, 0.1) is 5.92 Å². The lowest BCUT2D eigenvalue weighted by Crippen LogP contribution is -2.54. The number of aromatic nitrogens is 2. The lowest BCUT2D eigenvalue weighted by Gasteiger charge is -2.47. The molecule has 11 nitrogen and oxygen atoms in total. The summed E-state index contributed by atoms with van der Waals surface area (Å²) in [6, 6.07) is -1.67. The number of aromatic carboxylic acids is 1. The molecule has 0 spiro atoms. The van der Waals surface area contributed by atoms with Crippen molar-refractivity contribution in [3.63, 3.8) is 0 Å². The number of carboxylic acids is 2. The van der Waals surface area contributed by atoms with Crippen LogP contribution in [0.2, 0.25) is 0 Å². The highest BCUT2D eigenvalue weighted by atomic mass is 19.1. The van der Waals surface area contributed by atoms with E-state index in [1.54, 1.807) is 21.3 Å². The number of ketones is 1. The highest BCUT2D eigenvalue weighted by Gasteiger charge is 2.51. The first-order valence-electron chi connectivity index (χ1n) is 10.0. The topological polar surface area (TPSA) is 151 Å². The van der Waals surface area contributed by atoms with Crippen molar-refractivity contribution in [1.29, 1.82) is 0 Å². The summed E-state index contributed by atoms with van der Waals surface area (Å²) in [6.07, 6.45) is 2.70. The molecule has 0 amide bonds. The van der Waals surface area contributed by atoms with Gasteiger partial charge in [-0.3, -0.25) is 4.79 Å². The van der Waals surface area contributed by atoms with Crippen LogP contribution in [-0.2, 0) is 27.4 Å². The summed E-state index contributed by atoms with van der Waals surface area (Å²) < 4.78 is 23.2. The van der Waals surface area contributed by atoms with Crippen LogP contribution in [0.15, 0.2) is 41.0 Å². The summed E-state index contributed by atoms with van der Waals surface area (Å²) in [5, 5.41) is 18.6. The number of imidazole rings is 1. The first kappa shape index (κ1) is 20.2. The van der Waals surface area contributed by atoms with Gasteiger partial charge in [-0.05, 0) is 6.92 Å². The number of rotatable bonds is 3. The minimum Gasteiger partial charge on any atom is -0.487 e. The van der Waals surface area contributed by atoms with Gasteiger partial charge < -0.3 is 35.1 Å². The van der Waals surface area contributed by atoms with E-state index in [2.05, 4.69) is 4.98 Å². The van der Waals surface area contributed by atoms with Crippen LogP contribution in [-0.4, -0.2) is 72.5 Å². The molecule has 4 aliphatic rings. The number of fused-ring (bicyclic) bond motifs is 1. The Kier molecular flexibility index (Phi) is 4.38. The van der Waals surface area contributed by atoms with Crippen molar-refractivity contribution in [2.45, 2.75) is 32.1 Å². The van der Waals surface area contributed by atoms with Gasteiger partial charge in [-0.2, -0.15) is 0 Å². The Labute approximate surface area is 180 Å². The highest BCUT2D eigenvalue weighted by molar-refractivity contribution is 6.19. The molecule has 1 aromatic heterocycles. The van der Waals surface area contributed by atoms with Gasteiger partial charge in [0.25, 0.3) is 0 Å². The van der Waals surface area contributed by atoms with Crippen molar-refractivity contribution in [3.8, 4) is 0 Å². The molecule has 3 atom stereocenters. The predicted octanol–water partition coefficient (Wildman–Crippen LogP) is 0.0186. The molecule has 0 aromatic carbocycles. The van der Waals surface area contributed by atoms with Gasteiger partial charge in [0.15, 0.2) is 17.2 Å². The second-order valence-electron chi connectivity index (χ2n) is 8.16. The fraction of sp³-hybridized carbons (Fsp3) is 0.400. The monoisotopic (exact) mass is 445 g/mol. The third-order valence-electron chi connectivity index (χ3n) is 6.23. The van der Waals surface area contributed by atoms with E-state index < -0.39 is 41.1 Å². The number of ether oxygens (including phenoxy) is 1. The molecule has 0 bridgehead atoms. The number of aliphatic carboxylic acids is 1. The number of carbonyl (C=O) groups is 3. The van der Waals surface area contributed by atoms with Crippen LogP contribution < -0.4 is 5.73 Å². The number of Topliss-reactive ketones (excluding diaryl/α,β-unsaturated/α-hetero) is 1. The summed E-state index contributed by atoms with van der Waals surface area (Å²) in [5.74, 6) is -4.70. The van der Waals surface area contributed by atoms with Crippen molar-refractivity contribution in [3.05, 3.63) is 52.5 Å². The predicted molar refractivity (Wildman–Crippen MR) is 104 cm³/mol. The minimum absolute atomic E-state index is 0.0896. The molecule has 0 saturated carbocycles. The molecule has 1 aromatic rings. The van der Waals surface area contributed by atoms with Crippen LogP contribution >= 0.6 is 0 Å². The molecular weight excluding hydrogens is 425 g/mol. The van der Waals surface area contributed by atoms with Gasteiger partial charge in [0.1, 0.15) is 29.5 Å². The summed E-state index contributed by atoms with van der Waals surface area (Å²) in [6.45, 7) is 2.78. The lowest BCUT2D eigenvalue weighted by atomic mass is 9.79. The molecule has 4 N–H and O–H groups in total. The molecule has 3 unspecified atom stereocenters. The first-order chi connectivity index (χ1) is 15.2. The quantitative estimate of drug-likeness (QED) is 0.543. The number of nitrogens with two attached hydrogens (primary N) is 1. The third kappa shape index (κ3) is 2.75. The Morgan fingerprint density at radius 2 is 2.03 bits per heavy atom. The summed E-state index contributed by atoms with van der Waals surface area (Å²) >= 11 is 0. The van der Waals surface area contributed by atoms with E-state index in [1.807, 2.05) is 0 Å². The zero-order chi connectivity index (χ0) is 22.9. The number of halogens is 1. The molecule has 32 heavy (non-hydrogen) atoms. The van der Waals surface area contributed by atoms with E-state index in [-0.39, 0.29) is 36.3 Å². The summed E-state index contributed by atoms with van der Waals surface area (Å²) in [4.78, 5) is 43.1. The van der Waals surface area contributed by atoms with Gasteiger partial charge in [0.2, 0.25) is 0 Å². The maximum Gasteiger partial charge on any atom is 0.356 e. The average molecular weight is 445 g/mol. The number of carboxylic acid groups (broad SMARTS) is 2. The normalized spacial score (nSPS) is 27.0. The average Bonchev–Trinajstić information content (AvgIpc) is 3.18. The summed E-state index contributed by atoms with van der Waals surface area (Å²) in [5.41, 5.74) is 6.05. The van der Waals surface area contributed by atoms with Crippen molar-refractivity contribution >= 4 is 17.7 Å². The Bertz CT molecular complexity index is 1170. The Morgan fingerprint density at radius 1 is 1.28 bits per heavy atom. The molecule has 0 fully saturated rings. The zero-order valence-electron chi connectivity index (χ0n) is 17.0. The fourth-order valence-electron chi connectivity index (χ4n) is 4.64. The Morgan fingerprint density at radius 3 is 2.72 bits per heavy atom. The van der Waals surface area contributed by atoms with Gasteiger partial charge in [-0.25, -0.2) is 19.0 Å². The van der Waals surface area contributed by atoms with E-state index in [4.69, 9.17) is 10.5 Å². The van der Waals surface area contributed by atoms with Crippen LogP contribution in [0.4, 0.5) is 4.39 Å². The molecule has 4 heterocycles. The second kappa shape index (κ2) is 6.92. The number of hydrogen-bond acceptors (Lipinski definition) is 8. The van der Waals surface area contributed by atoms with Gasteiger partial charge in [0.05, 0.1) is 30.2 Å². The largest absolute Gasteiger partial charge is 0.487 e. The standard InChI is InChI=1S/C20H20FN5O6/c1-8-7-32-18-15-12(17(27)9(19(28)29)4-26(8)15)14(22)13(21)16(18)25-3-2-24-5-10(20(30)31)23-11(24)6-25/h4-5,8,12,14H,2-3,6-7,22H2,1H3,(H,28,29)(H,30,31). The maximum atomic E-state index is 15.6. The molecule has 0 saturated heterocycles. The Balaban J connectivity index is 1.60. The SMILES string of the molecule is CC1COC2=C3C(C(=O)C(C(=O)O)=CN31)C(N)C(F)=C2N1CCn2cc(C(=O)O)nc2C1. The first-order valence-corrected chi connectivity index (χ1v) is 10.0. The van der Waals surface area contributed by atoms with E-state index >= 15 is 4.39 Å². The van der Waals surface area contributed by atoms with Gasteiger partial charge in [0, 0.05) is 25.5 Å². The highest BCUT2D eigenvalue weighted by Crippen LogP contribution is 2.45. The summed E-state index contributed by atoms with van der Waals surface area (Å²) in [7, 11) is 0. The molecule has 1 aliphatic carbocycles. The van der Waals surface area contributed by atoms with Crippen LogP contribution in [0.25, 0.3) is 0 Å². The fourth-order valence-corrected chi connectivity index (χ4v) is 4.64. The number of carbonyl (C=O) groups excluding carboxylic acids is 1. The van der Waals surface area contributed by atoms with Gasteiger partial charge in [-0.15, -0.1) is 0 Å². The third-order valence-corrected chi connectivity index (χ3v) is 6.23. The molecule has 5 rings (SSSR count). The van der Waals surface area contributed by atoms with E-state index in [1.165, 1.54) is 12.4 Å². The van der Waals surface area contributed by atoms with E-state index in [0.717, 1.165) is 0 Å². The maximum absolute atomic E-state index is 15.6. The smallest absolute Gasteiger partial charge is 0.356 e. The molecular formula is C20H20FN5O6.